The van der Waals surface area contributed by atoms with Crippen molar-refractivity contribution in [3.63, 3.8) is 0 Å². The molecule has 2 rings (SSSR count). The summed E-state index contributed by atoms with van der Waals surface area (Å²) < 4.78 is 0. The molecule has 4 heteroatoms. The second-order valence-corrected chi connectivity index (χ2v) is 4.53. The van der Waals surface area contributed by atoms with Crippen LogP contribution in [0.5, 0.6) is 0 Å². The number of para-hydroxylation sites is 2. The highest BCUT2D eigenvalue weighted by Gasteiger charge is 2.16. The molecule has 0 bridgehead atoms. The van der Waals surface area contributed by atoms with Crippen LogP contribution in [-0.4, -0.2) is 12.0 Å². The monoisotopic (exact) mass is 256 g/mol. The number of nitro groups is 1. The van der Waals surface area contributed by atoms with E-state index in [-0.39, 0.29) is 10.6 Å². The maximum absolute atomic E-state index is 11.0. The Morgan fingerprint density at radius 3 is 2.42 bits per heavy atom. The highest BCUT2D eigenvalue weighted by atomic mass is 16.6. The van der Waals surface area contributed by atoms with E-state index in [9.17, 15) is 10.1 Å². The molecule has 0 N–H and O–H groups in total. The maximum atomic E-state index is 11.0. The average Bonchev–Trinajstić information content (AvgIpc) is 2.41. The lowest BCUT2D eigenvalue weighted by molar-refractivity contribution is -0.384. The second-order valence-electron chi connectivity index (χ2n) is 4.53. The van der Waals surface area contributed by atoms with Crippen molar-refractivity contribution in [2.75, 3.05) is 11.9 Å². The van der Waals surface area contributed by atoms with Gasteiger partial charge in [-0.2, -0.15) is 0 Å². The van der Waals surface area contributed by atoms with Crippen LogP contribution in [0.1, 0.15) is 11.1 Å². The van der Waals surface area contributed by atoms with E-state index in [1.807, 2.05) is 49.2 Å². The van der Waals surface area contributed by atoms with Crippen LogP contribution < -0.4 is 4.90 Å². The summed E-state index contributed by atoms with van der Waals surface area (Å²) in [6.07, 6.45) is 0. The van der Waals surface area contributed by atoms with Crippen LogP contribution in [0.25, 0.3) is 0 Å². The Morgan fingerprint density at radius 1 is 1.11 bits per heavy atom. The van der Waals surface area contributed by atoms with E-state index in [1.54, 1.807) is 12.1 Å². The number of rotatable bonds is 4. The first-order valence-electron chi connectivity index (χ1n) is 6.08. The SMILES string of the molecule is Cc1ccccc1CN(C)c1ccccc1[N+](=O)[O-]. The van der Waals surface area contributed by atoms with Gasteiger partial charge in [0.1, 0.15) is 5.69 Å². The Bertz CT molecular complexity index is 596. The lowest BCUT2D eigenvalue weighted by atomic mass is 10.1. The topological polar surface area (TPSA) is 46.4 Å². The van der Waals surface area contributed by atoms with Gasteiger partial charge in [0.25, 0.3) is 5.69 Å². The summed E-state index contributed by atoms with van der Waals surface area (Å²) in [5, 5.41) is 11.0. The standard InChI is InChI=1S/C15H16N2O2/c1-12-7-3-4-8-13(12)11-16(2)14-9-5-6-10-15(14)17(18)19/h3-10H,11H2,1-2H3. The molecule has 0 fully saturated rings. The molecule has 0 radical (unpaired) electrons. The molecular formula is C15H16N2O2. The lowest BCUT2D eigenvalue weighted by Crippen LogP contribution is -2.18. The van der Waals surface area contributed by atoms with Crippen molar-refractivity contribution >= 4 is 11.4 Å². The van der Waals surface area contributed by atoms with Gasteiger partial charge >= 0.3 is 0 Å². The van der Waals surface area contributed by atoms with Crippen molar-refractivity contribution < 1.29 is 4.92 Å². The molecular weight excluding hydrogens is 240 g/mol. The number of aryl methyl sites for hydroxylation is 1. The van der Waals surface area contributed by atoms with Crippen molar-refractivity contribution in [3.05, 3.63) is 69.8 Å². The van der Waals surface area contributed by atoms with Gasteiger partial charge in [0, 0.05) is 19.7 Å². The molecule has 0 aromatic heterocycles. The molecule has 0 aliphatic carbocycles. The Labute approximate surface area is 112 Å². The zero-order valence-electron chi connectivity index (χ0n) is 11.0. The van der Waals surface area contributed by atoms with Gasteiger partial charge in [-0.3, -0.25) is 10.1 Å². The molecule has 0 heterocycles. The van der Waals surface area contributed by atoms with Gasteiger partial charge in [0.2, 0.25) is 0 Å². The molecule has 0 atom stereocenters. The minimum Gasteiger partial charge on any atom is -0.365 e. The summed E-state index contributed by atoms with van der Waals surface area (Å²) in [6, 6.07) is 14.9. The van der Waals surface area contributed by atoms with Crippen LogP contribution in [0, 0.1) is 17.0 Å². The molecule has 0 unspecified atom stereocenters. The molecule has 0 aliphatic rings. The predicted octanol–water partition coefficient (Wildman–Crippen LogP) is 3.54. The van der Waals surface area contributed by atoms with Crippen molar-refractivity contribution in [3.8, 4) is 0 Å². The zero-order valence-corrected chi connectivity index (χ0v) is 11.0. The van der Waals surface area contributed by atoms with E-state index in [4.69, 9.17) is 0 Å². The van der Waals surface area contributed by atoms with Gasteiger partial charge in [0.15, 0.2) is 0 Å². The maximum Gasteiger partial charge on any atom is 0.292 e. The van der Waals surface area contributed by atoms with Gasteiger partial charge < -0.3 is 4.90 Å². The molecule has 0 spiro atoms. The molecule has 0 saturated heterocycles. The van der Waals surface area contributed by atoms with Gasteiger partial charge in [-0.05, 0) is 24.1 Å². The predicted molar refractivity (Wildman–Crippen MR) is 76.4 cm³/mol. The minimum absolute atomic E-state index is 0.138. The van der Waals surface area contributed by atoms with Crippen LogP contribution >= 0.6 is 0 Å². The van der Waals surface area contributed by atoms with E-state index in [1.165, 1.54) is 17.2 Å². The molecule has 0 saturated carbocycles. The van der Waals surface area contributed by atoms with Gasteiger partial charge in [-0.25, -0.2) is 0 Å². The number of anilines is 1. The quantitative estimate of drug-likeness (QED) is 0.621. The highest BCUT2D eigenvalue weighted by molar-refractivity contribution is 5.62. The fourth-order valence-corrected chi connectivity index (χ4v) is 2.07. The summed E-state index contributed by atoms with van der Waals surface area (Å²) in [7, 11) is 1.87. The first-order valence-corrected chi connectivity index (χ1v) is 6.08. The Kier molecular flexibility index (Phi) is 3.80. The lowest BCUT2D eigenvalue weighted by Gasteiger charge is -2.20. The van der Waals surface area contributed by atoms with E-state index in [2.05, 4.69) is 0 Å². The second kappa shape index (κ2) is 5.52. The first kappa shape index (κ1) is 13.1. The van der Waals surface area contributed by atoms with Crippen molar-refractivity contribution in [1.82, 2.24) is 0 Å². The van der Waals surface area contributed by atoms with Crippen LogP contribution in [0.4, 0.5) is 11.4 Å². The number of hydrogen-bond acceptors (Lipinski definition) is 3. The Hall–Kier alpha value is -2.36. The summed E-state index contributed by atoms with van der Waals surface area (Å²) in [4.78, 5) is 12.6. The van der Waals surface area contributed by atoms with E-state index in [0.29, 0.717) is 12.2 Å². The van der Waals surface area contributed by atoms with E-state index in [0.717, 1.165) is 0 Å². The van der Waals surface area contributed by atoms with Gasteiger partial charge in [0.05, 0.1) is 4.92 Å². The van der Waals surface area contributed by atoms with E-state index >= 15 is 0 Å². The van der Waals surface area contributed by atoms with Crippen molar-refractivity contribution in [1.29, 1.82) is 0 Å². The minimum atomic E-state index is -0.344. The first-order chi connectivity index (χ1) is 9.09. The molecule has 2 aromatic carbocycles. The van der Waals surface area contributed by atoms with Crippen molar-refractivity contribution in [2.24, 2.45) is 0 Å². The molecule has 19 heavy (non-hydrogen) atoms. The Balaban J connectivity index is 2.28. The average molecular weight is 256 g/mol. The van der Waals surface area contributed by atoms with Gasteiger partial charge in [-0.1, -0.05) is 36.4 Å². The van der Waals surface area contributed by atoms with Crippen LogP contribution in [-0.2, 0) is 6.54 Å². The summed E-state index contributed by atoms with van der Waals surface area (Å²) >= 11 is 0. The third kappa shape index (κ3) is 2.91. The number of hydrogen-bond donors (Lipinski definition) is 0. The van der Waals surface area contributed by atoms with Crippen LogP contribution in [0.15, 0.2) is 48.5 Å². The fourth-order valence-electron chi connectivity index (χ4n) is 2.07. The molecule has 2 aromatic rings. The molecule has 98 valence electrons. The normalized spacial score (nSPS) is 10.2. The zero-order chi connectivity index (χ0) is 13.8. The third-order valence-corrected chi connectivity index (χ3v) is 3.16. The highest BCUT2D eigenvalue weighted by Crippen LogP contribution is 2.27. The number of nitro benzene ring substituents is 1. The van der Waals surface area contributed by atoms with Crippen LogP contribution in [0.3, 0.4) is 0 Å². The fraction of sp³-hybridized carbons (Fsp3) is 0.200. The van der Waals surface area contributed by atoms with Gasteiger partial charge in [-0.15, -0.1) is 0 Å². The smallest absolute Gasteiger partial charge is 0.292 e. The molecule has 0 aliphatic heterocycles. The number of benzene rings is 2. The Morgan fingerprint density at radius 2 is 1.74 bits per heavy atom. The summed E-state index contributed by atoms with van der Waals surface area (Å²) in [6.45, 7) is 2.69. The molecule has 0 amide bonds. The van der Waals surface area contributed by atoms with Crippen molar-refractivity contribution in [2.45, 2.75) is 13.5 Å². The third-order valence-electron chi connectivity index (χ3n) is 3.16. The molecule has 4 nitrogen and oxygen atoms in total. The van der Waals surface area contributed by atoms with E-state index < -0.39 is 0 Å². The largest absolute Gasteiger partial charge is 0.365 e. The summed E-state index contributed by atoms with van der Waals surface area (Å²) in [5.41, 5.74) is 3.13. The number of nitrogens with zero attached hydrogens (tertiary/aromatic N) is 2. The van der Waals surface area contributed by atoms with Crippen LogP contribution in [0.2, 0.25) is 0 Å². The summed E-state index contributed by atoms with van der Waals surface area (Å²) in [5.74, 6) is 0.